The topological polar surface area (TPSA) is 76.1 Å². The smallest absolute Gasteiger partial charge is 0.234 e. The molecular formula is C17H18N4O2S3. The zero-order chi connectivity index (χ0) is 18.2. The first kappa shape index (κ1) is 18.7. The van der Waals surface area contributed by atoms with Crippen molar-refractivity contribution in [3.8, 4) is 5.75 Å². The van der Waals surface area contributed by atoms with Gasteiger partial charge in [0.1, 0.15) is 5.75 Å². The van der Waals surface area contributed by atoms with Crippen LogP contribution in [0.25, 0.3) is 0 Å². The molecule has 0 saturated carbocycles. The average Bonchev–Trinajstić information content (AvgIpc) is 3.33. The van der Waals surface area contributed by atoms with Gasteiger partial charge in [0.25, 0.3) is 0 Å². The molecule has 1 amide bonds. The maximum absolute atomic E-state index is 12.1. The van der Waals surface area contributed by atoms with Crippen LogP contribution in [-0.2, 0) is 11.2 Å². The van der Waals surface area contributed by atoms with Gasteiger partial charge in [-0.05, 0) is 30.0 Å². The molecular weight excluding hydrogens is 388 g/mol. The number of carbonyl (C=O) groups is 1. The van der Waals surface area contributed by atoms with E-state index in [1.807, 2.05) is 24.3 Å². The SMILES string of the molecule is COc1ccccc1NC(=O)CSc1nnc(NCCc2cccs2)s1. The van der Waals surface area contributed by atoms with Crippen LogP contribution in [0.15, 0.2) is 46.1 Å². The van der Waals surface area contributed by atoms with Gasteiger partial charge in [-0.15, -0.1) is 21.5 Å². The van der Waals surface area contributed by atoms with Crippen LogP contribution in [-0.4, -0.2) is 35.5 Å². The van der Waals surface area contributed by atoms with E-state index in [1.54, 1.807) is 18.4 Å². The van der Waals surface area contributed by atoms with E-state index >= 15 is 0 Å². The van der Waals surface area contributed by atoms with Gasteiger partial charge < -0.3 is 15.4 Å². The lowest BCUT2D eigenvalue weighted by atomic mass is 10.3. The van der Waals surface area contributed by atoms with Gasteiger partial charge in [-0.2, -0.15) is 0 Å². The molecule has 6 nitrogen and oxygen atoms in total. The predicted molar refractivity (Wildman–Crippen MR) is 109 cm³/mol. The van der Waals surface area contributed by atoms with Crippen LogP contribution in [0.1, 0.15) is 4.88 Å². The summed E-state index contributed by atoms with van der Waals surface area (Å²) in [5.74, 6) is 0.794. The Morgan fingerprint density at radius 2 is 2.12 bits per heavy atom. The Bertz CT molecular complexity index is 836. The molecule has 0 radical (unpaired) electrons. The number of rotatable bonds is 9. The fourth-order valence-electron chi connectivity index (χ4n) is 2.15. The van der Waals surface area contributed by atoms with Crippen molar-refractivity contribution in [1.82, 2.24) is 10.2 Å². The van der Waals surface area contributed by atoms with E-state index < -0.39 is 0 Å². The maximum Gasteiger partial charge on any atom is 0.234 e. The fraction of sp³-hybridized carbons (Fsp3) is 0.235. The Balaban J connectivity index is 1.43. The Morgan fingerprint density at radius 3 is 2.92 bits per heavy atom. The minimum atomic E-state index is -0.109. The molecule has 0 unspecified atom stereocenters. The molecule has 1 aromatic carbocycles. The highest BCUT2D eigenvalue weighted by atomic mass is 32.2. The number of aromatic nitrogens is 2. The largest absolute Gasteiger partial charge is 0.495 e. The number of nitrogens with zero attached hydrogens (tertiary/aromatic N) is 2. The summed E-state index contributed by atoms with van der Waals surface area (Å²) in [7, 11) is 1.58. The summed E-state index contributed by atoms with van der Waals surface area (Å²) in [5, 5.41) is 17.2. The van der Waals surface area contributed by atoms with Crippen LogP contribution in [0.2, 0.25) is 0 Å². The van der Waals surface area contributed by atoms with Gasteiger partial charge in [0.05, 0.1) is 18.6 Å². The summed E-state index contributed by atoms with van der Waals surface area (Å²) in [6.07, 6.45) is 0.959. The minimum Gasteiger partial charge on any atom is -0.495 e. The number of para-hydroxylation sites is 2. The molecule has 0 spiro atoms. The molecule has 136 valence electrons. The minimum absolute atomic E-state index is 0.109. The Hall–Kier alpha value is -2.10. The van der Waals surface area contributed by atoms with Crippen molar-refractivity contribution in [3.05, 3.63) is 46.7 Å². The highest BCUT2D eigenvalue weighted by molar-refractivity contribution is 8.01. The van der Waals surface area contributed by atoms with Crippen LogP contribution in [0.5, 0.6) is 5.75 Å². The van der Waals surface area contributed by atoms with Crippen LogP contribution >= 0.6 is 34.4 Å². The lowest BCUT2D eigenvalue weighted by Gasteiger charge is -2.08. The number of nitrogens with one attached hydrogen (secondary N) is 2. The summed E-state index contributed by atoms with van der Waals surface area (Å²) in [4.78, 5) is 13.5. The second-order valence-corrected chi connectivity index (χ2v) is 8.40. The van der Waals surface area contributed by atoms with Gasteiger partial charge in [-0.3, -0.25) is 4.79 Å². The van der Waals surface area contributed by atoms with Crippen LogP contribution in [0.3, 0.4) is 0 Å². The first-order valence-electron chi connectivity index (χ1n) is 7.90. The number of anilines is 2. The van der Waals surface area contributed by atoms with Crippen molar-refractivity contribution < 1.29 is 9.53 Å². The fourth-order valence-corrected chi connectivity index (χ4v) is 4.43. The number of methoxy groups -OCH3 is 1. The molecule has 2 N–H and O–H groups in total. The molecule has 0 atom stereocenters. The van der Waals surface area contributed by atoms with E-state index in [1.165, 1.54) is 28.0 Å². The molecule has 3 rings (SSSR count). The molecule has 2 aromatic heterocycles. The quantitative estimate of drug-likeness (QED) is 0.523. The number of thiophene rings is 1. The second kappa shape index (κ2) is 9.56. The Morgan fingerprint density at radius 1 is 1.23 bits per heavy atom. The number of ether oxygens (including phenoxy) is 1. The van der Waals surface area contributed by atoms with Crippen molar-refractivity contribution in [2.45, 2.75) is 10.8 Å². The first-order chi connectivity index (χ1) is 12.7. The van der Waals surface area contributed by atoms with Crippen molar-refractivity contribution in [3.63, 3.8) is 0 Å². The third-order valence-electron chi connectivity index (χ3n) is 3.34. The van der Waals surface area contributed by atoms with E-state index in [0.29, 0.717) is 11.4 Å². The van der Waals surface area contributed by atoms with Gasteiger partial charge in [0.15, 0.2) is 4.34 Å². The van der Waals surface area contributed by atoms with E-state index in [0.717, 1.165) is 22.4 Å². The number of hydrogen-bond acceptors (Lipinski definition) is 8. The maximum atomic E-state index is 12.1. The second-order valence-electron chi connectivity index (χ2n) is 5.17. The van der Waals surface area contributed by atoms with Crippen molar-refractivity contribution in [2.24, 2.45) is 0 Å². The van der Waals surface area contributed by atoms with Crippen LogP contribution in [0, 0.1) is 0 Å². The highest BCUT2D eigenvalue weighted by Gasteiger charge is 2.10. The third-order valence-corrected chi connectivity index (χ3v) is 6.29. The summed E-state index contributed by atoms with van der Waals surface area (Å²) < 4.78 is 5.99. The zero-order valence-electron chi connectivity index (χ0n) is 14.1. The lowest BCUT2D eigenvalue weighted by Crippen LogP contribution is -2.14. The number of carbonyl (C=O) groups excluding carboxylic acids is 1. The molecule has 0 bridgehead atoms. The van der Waals surface area contributed by atoms with Crippen LogP contribution in [0.4, 0.5) is 10.8 Å². The number of thioether (sulfide) groups is 1. The number of benzene rings is 1. The zero-order valence-corrected chi connectivity index (χ0v) is 16.5. The molecule has 0 aliphatic rings. The molecule has 9 heteroatoms. The standard InChI is InChI=1S/C17H18N4O2S3/c1-23-14-7-3-2-6-13(14)19-15(22)11-25-17-21-20-16(26-17)18-9-8-12-5-4-10-24-12/h2-7,10H,8-9,11H2,1H3,(H,18,20)(H,19,22). The molecule has 0 aliphatic heterocycles. The molecule has 0 aliphatic carbocycles. The van der Waals surface area contributed by atoms with Gasteiger partial charge in [0, 0.05) is 11.4 Å². The van der Waals surface area contributed by atoms with Crippen molar-refractivity contribution in [2.75, 3.05) is 30.0 Å². The van der Waals surface area contributed by atoms with E-state index in [9.17, 15) is 4.79 Å². The Labute approximate surface area is 164 Å². The van der Waals surface area contributed by atoms with Gasteiger partial charge >= 0.3 is 0 Å². The van der Waals surface area contributed by atoms with Crippen LogP contribution < -0.4 is 15.4 Å². The molecule has 0 fully saturated rings. The molecule has 3 aromatic rings. The molecule has 2 heterocycles. The monoisotopic (exact) mass is 406 g/mol. The van der Waals surface area contributed by atoms with Crippen molar-refractivity contribution in [1.29, 1.82) is 0 Å². The van der Waals surface area contributed by atoms with Gasteiger partial charge in [-0.1, -0.05) is 41.3 Å². The van der Waals surface area contributed by atoms with E-state index in [4.69, 9.17) is 4.74 Å². The first-order valence-corrected chi connectivity index (χ1v) is 10.6. The number of hydrogen-bond donors (Lipinski definition) is 2. The van der Waals surface area contributed by atoms with E-state index in [2.05, 4.69) is 38.3 Å². The van der Waals surface area contributed by atoms with Crippen molar-refractivity contribution >= 4 is 51.2 Å². The molecule has 0 saturated heterocycles. The highest BCUT2D eigenvalue weighted by Crippen LogP contribution is 2.27. The third kappa shape index (κ3) is 5.45. The Kier molecular flexibility index (Phi) is 6.87. The summed E-state index contributed by atoms with van der Waals surface area (Å²) in [6, 6.07) is 11.5. The van der Waals surface area contributed by atoms with E-state index in [-0.39, 0.29) is 11.7 Å². The summed E-state index contributed by atoms with van der Waals surface area (Å²) in [5.41, 5.74) is 0.661. The number of amides is 1. The van der Waals surface area contributed by atoms with Gasteiger partial charge in [0.2, 0.25) is 11.0 Å². The summed E-state index contributed by atoms with van der Waals surface area (Å²) >= 11 is 4.57. The molecule has 26 heavy (non-hydrogen) atoms. The lowest BCUT2D eigenvalue weighted by molar-refractivity contribution is -0.113. The predicted octanol–water partition coefficient (Wildman–Crippen LogP) is 3.99. The average molecular weight is 407 g/mol. The summed E-state index contributed by atoms with van der Waals surface area (Å²) in [6.45, 7) is 0.814. The van der Waals surface area contributed by atoms with Gasteiger partial charge in [-0.25, -0.2) is 0 Å². The normalized spacial score (nSPS) is 10.5.